The number of nitrogens with one attached hydrogen (secondary N) is 2. The molecule has 7 nitrogen and oxygen atoms in total. The fraction of sp³-hybridized carbons (Fsp3) is 0.0250. The summed E-state index contributed by atoms with van der Waals surface area (Å²) in [6, 6.07) is 49.7. The Labute approximate surface area is 270 Å². The Morgan fingerprint density at radius 1 is 0.596 bits per heavy atom. The Bertz CT molecular complexity index is 2670. The first kappa shape index (κ1) is 26.9. The van der Waals surface area contributed by atoms with Crippen molar-refractivity contribution in [2.45, 2.75) is 0 Å². The van der Waals surface area contributed by atoms with Crippen LogP contribution in [0.2, 0.25) is 0 Å². The number of rotatable bonds is 4. The largest absolute Gasteiger partial charge is 0.373 e. The lowest BCUT2D eigenvalue weighted by Crippen LogP contribution is -2.21. The highest BCUT2D eigenvalue weighted by atomic mass is 15.2. The van der Waals surface area contributed by atoms with Gasteiger partial charge >= 0.3 is 0 Å². The maximum Gasteiger partial charge on any atom is 0.220 e. The molecule has 0 atom stereocenters. The summed E-state index contributed by atoms with van der Waals surface area (Å²) in [7, 11) is 1.83. The minimum atomic E-state index is 0.182. The number of nitrogens with zero attached hydrogens (tertiary/aromatic N) is 5. The second-order valence-corrected chi connectivity index (χ2v) is 11.6. The number of imidazole rings is 2. The van der Waals surface area contributed by atoms with E-state index in [4.69, 9.17) is 10.4 Å². The molecule has 0 unspecified atom stereocenters. The molecule has 0 aliphatic rings. The lowest BCUT2D eigenvalue weighted by molar-refractivity contribution is 1.11. The van der Waals surface area contributed by atoms with Crippen molar-refractivity contribution in [3.8, 4) is 11.4 Å². The fourth-order valence-electron chi connectivity index (χ4n) is 6.84. The van der Waals surface area contributed by atoms with Crippen LogP contribution in [0.5, 0.6) is 0 Å². The van der Waals surface area contributed by atoms with E-state index in [2.05, 4.69) is 115 Å². The monoisotopic (exact) mass is 607 g/mol. The minimum Gasteiger partial charge on any atom is -0.373 e. The first-order chi connectivity index (χ1) is 23.2. The normalized spacial score (nSPS) is 12.1. The van der Waals surface area contributed by atoms with Gasteiger partial charge in [0.15, 0.2) is 5.84 Å². The smallest absolute Gasteiger partial charge is 0.220 e. The molecule has 224 valence electrons. The predicted molar refractivity (Wildman–Crippen MR) is 193 cm³/mol. The second kappa shape index (κ2) is 10.6. The summed E-state index contributed by atoms with van der Waals surface area (Å²) < 4.78 is 6.79. The molecular weight excluding hydrogens is 578 g/mol. The molecule has 0 saturated heterocycles. The molecule has 3 aromatic heterocycles. The number of amidine groups is 2. The topological polar surface area (TPSA) is 75.4 Å². The van der Waals surface area contributed by atoms with Crippen LogP contribution in [0.4, 0.5) is 0 Å². The molecule has 0 aliphatic heterocycles. The van der Waals surface area contributed by atoms with Crippen LogP contribution in [0.25, 0.3) is 61.0 Å². The molecule has 3 heterocycles. The summed E-state index contributed by atoms with van der Waals surface area (Å²) >= 11 is 0. The Morgan fingerprint density at radius 2 is 1.26 bits per heavy atom. The van der Waals surface area contributed by atoms with Gasteiger partial charge in [0.2, 0.25) is 5.78 Å². The molecule has 0 fully saturated rings. The van der Waals surface area contributed by atoms with Crippen LogP contribution >= 0.6 is 0 Å². The molecule has 0 amide bonds. The first-order valence-electron chi connectivity index (χ1n) is 15.6. The lowest BCUT2D eigenvalue weighted by atomic mass is 10.1. The third-order valence-corrected chi connectivity index (χ3v) is 8.90. The molecule has 6 aromatic carbocycles. The van der Waals surface area contributed by atoms with Gasteiger partial charge in [-0.25, -0.2) is 9.98 Å². The molecule has 7 heteroatoms. The van der Waals surface area contributed by atoms with Gasteiger partial charge in [0.05, 0.1) is 27.6 Å². The average molecular weight is 608 g/mol. The molecular formula is C40H29N7. The van der Waals surface area contributed by atoms with Crippen molar-refractivity contribution in [2.24, 2.45) is 4.99 Å². The van der Waals surface area contributed by atoms with E-state index in [1.54, 1.807) is 0 Å². The van der Waals surface area contributed by atoms with Crippen LogP contribution in [-0.4, -0.2) is 37.2 Å². The van der Waals surface area contributed by atoms with E-state index in [-0.39, 0.29) is 5.84 Å². The van der Waals surface area contributed by atoms with E-state index in [9.17, 15) is 0 Å². The maximum absolute atomic E-state index is 8.97. The number of fused-ring (bicyclic) bond motifs is 9. The van der Waals surface area contributed by atoms with Gasteiger partial charge < -0.3 is 9.88 Å². The van der Waals surface area contributed by atoms with Crippen molar-refractivity contribution >= 4 is 61.3 Å². The maximum atomic E-state index is 8.97. The summed E-state index contributed by atoms with van der Waals surface area (Å²) in [6.45, 7) is 0. The number of hydrogen-bond donors (Lipinski definition) is 2. The van der Waals surface area contributed by atoms with Crippen LogP contribution in [-0.2, 0) is 0 Å². The second-order valence-electron chi connectivity index (χ2n) is 11.6. The highest BCUT2D eigenvalue weighted by molar-refractivity contribution is 6.18. The highest BCUT2D eigenvalue weighted by Crippen LogP contribution is 2.38. The van der Waals surface area contributed by atoms with E-state index >= 15 is 0 Å². The number of hydrogen-bond acceptors (Lipinski definition) is 2. The third kappa shape index (κ3) is 4.10. The zero-order valence-electron chi connectivity index (χ0n) is 25.6. The van der Waals surface area contributed by atoms with Gasteiger partial charge in [0.25, 0.3) is 0 Å². The van der Waals surface area contributed by atoms with E-state index in [1.165, 1.54) is 0 Å². The highest BCUT2D eigenvalue weighted by Gasteiger charge is 2.22. The number of aliphatic imine (C=N–C) groups is 1. The van der Waals surface area contributed by atoms with E-state index < -0.39 is 0 Å². The predicted octanol–water partition coefficient (Wildman–Crippen LogP) is 8.52. The fourth-order valence-corrected chi connectivity index (χ4v) is 6.84. The quantitative estimate of drug-likeness (QED) is 0.155. The molecule has 0 bridgehead atoms. The average Bonchev–Trinajstić information content (AvgIpc) is 3.78. The van der Waals surface area contributed by atoms with Gasteiger partial charge in [-0.2, -0.15) is 0 Å². The van der Waals surface area contributed by atoms with Crippen LogP contribution in [0.15, 0.2) is 151 Å². The Kier molecular flexibility index (Phi) is 6.04. The summed E-state index contributed by atoms with van der Waals surface area (Å²) in [5.41, 5.74) is 9.94. The van der Waals surface area contributed by atoms with E-state index in [1.807, 2.05) is 61.6 Å². The Hall–Kier alpha value is -6.47. The van der Waals surface area contributed by atoms with Gasteiger partial charge in [-0.05, 0) is 54.6 Å². The van der Waals surface area contributed by atoms with Crippen molar-refractivity contribution in [1.29, 1.82) is 5.41 Å². The molecule has 0 radical (unpaired) electrons. The summed E-state index contributed by atoms with van der Waals surface area (Å²) in [6.07, 6.45) is 0. The molecule has 2 N–H and O–H groups in total. The van der Waals surface area contributed by atoms with Crippen molar-refractivity contribution in [3.05, 3.63) is 157 Å². The van der Waals surface area contributed by atoms with E-state index in [0.717, 1.165) is 72.2 Å². The zero-order chi connectivity index (χ0) is 31.5. The molecule has 9 rings (SSSR count). The van der Waals surface area contributed by atoms with Crippen LogP contribution < -0.4 is 5.32 Å². The number of para-hydroxylation sites is 4. The third-order valence-electron chi connectivity index (χ3n) is 8.90. The standard InChI is InChI=1S/C40H29N7/c1-42-39(26-13-4-2-5-14-26)44-38(41)27-15-12-18-29(25-27)45-32-20-9-8-19-30(32)31-23-24-35-36(37(31)45)43-40-46(28-16-6-3-7-17-28)33-21-10-11-22-34(33)47(35)40/h2-25H,1H3,(H2,41,42,44). The summed E-state index contributed by atoms with van der Waals surface area (Å²) in [5, 5.41) is 14.4. The van der Waals surface area contributed by atoms with Crippen molar-refractivity contribution in [2.75, 3.05) is 7.05 Å². The number of benzene rings is 6. The summed E-state index contributed by atoms with van der Waals surface area (Å²) in [5.74, 6) is 1.69. The van der Waals surface area contributed by atoms with E-state index in [0.29, 0.717) is 5.84 Å². The zero-order valence-corrected chi connectivity index (χ0v) is 25.6. The molecule has 47 heavy (non-hydrogen) atoms. The lowest BCUT2D eigenvalue weighted by Gasteiger charge is -2.11. The minimum absolute atomic E-state index is 0.182. The van der Waals surface area contributed by atoms with Gasteiger partial charge in [-0.1, -0.05) is 91.0 Å². The van der Waals surface area contributed by atoms with Crippen LogP contribution in [0.3, 0.4) is 0 Å². The SMILES string of the molecule is CNC(=NC(=N)c1cccc(-n2c3ccccc3c3ccc4c(nc5n(-c6ccccc6)c6ccccc6n45)c32)c1)c1ccccc1. The van der Waals surface area contributed by atoms with Gasteiger partial charge in [0.1, 0.15) is 11.4 Å². The van der Waals surface area contributed by atoms with Crippen LogP contribution in [0, 0.1) is 5.41 Å². The first-order valence-corrected chi connectivity index (χ1v) is 15.6. The molecule has 9 aromatic rings. The molecule has 0 saturated carbocycles. The van der Waals surface area contributed by atoms with Crippen molar-refractivity contribution in [3.63, 3.8) is 0 Å². The van der Waals surface area contributed by atoms with Crippen molar-refractivity contribution < 1.29 is 0 Å². The van der Waals surface area contributed by atoms with Gasteiger partial charge in [0, 0.05) is 40.3 Å². The van der Waals surface area contributed by atoms with Crippen LogP contribution in [0.1, 0.15) is 11.1 Å². The Balaban J connectivity index is 1.31. The Morgan fingerprint density at radius 3 is 2.04 bits per heavy atom. The molecule has 0 aliphatic carbocycles. The summed E-state index contributed by atoms with van der Waals surface area (Å²) in [4.78, 5) is 10.1. The van der Waals surface area contributed by atoms with Crippen molar-refractivity contribution in [1.82, 2.24) is 23.8 Å². The number of aromatic nitrogens is 4. The van der Waals surface area contributed by atoms with Gasteiger partial charge in [-0.15, -0.1) is 0 Å². The molecule has 0 spiro atoms. The van der Waals surface area contributed by atoms with Gasteiger partial charge in [-0.3, -0.25) is 14.4 Å².